The van der Waals surface area contributed by atoms with Crippen LogP contribution in [0.5, 0.6) is 0 Å². The van der Waals surface area contributed by atoms with E-state index in [0.29, 0.717) is 18.7 Å². The summed E-state index contributed by atoms with van der Waals surface area (Å²) in [5.74, 6) is 1.64. The first-order chi connectivity index (χ1) is 13.6. The molecule has 1 aliphatic rings. The number of ether oxygens (including phenoxy) is 1. The molecule has 1 amide bonds. The van der Waals surface area contributed by atoms with Gasteiger partial charge in [-0.25, -0.2) is 4.99 Å². The number of rotatable bonds is 9. The number of carbonyl (C=O) groups excluding carboxylic acids is 1. The van der Waals surface area contributed by atoms with Gasteiger partial charge in [-0.1, -0.05) is 19.1 Å². The Morgan fingerprint density at radius 2 is 2.00 bits per heavy atom. The van der Waals surface area contributed by atoms with Crippen LogP contribution in [0, 0.1) is 5.92 Å². The highest BCUT2D eigenvalue weighted by Crippen LogP contribution is 2.18. The lowest BCUT2D eigenvalue weighted by molar-refractivity contribution is 0.0625. The molecule has 0 spiro atoms. The van der Waals surface area contributed by atoms with Crippen LogP contribution in [0.2, 0.25) is 0 Å². The largest absolute Gasteiger partial charge is 0.381 e. The van der Waals surface area contributed by atoms with Crippen LogP contribution in [0.15, 0.2) is 29.3 Å². The normalized spacial score (nSPS) is 14.8. The third-order valence-corrected chi connectivity index (χ3v) is 5.05. The van der Waals surface area contributed by atoms with E-state index in [1.807, 2.05) is 31.2 Å². The fraction of sp³-hybridized carbons (Fsp3) is 0.636. The summed E-state index contributed by atoms with van der Waals surface area (Å²) in [6.45, 7) is 8.99. The molecule has 2 rings (SSSR count). The number of nitrogens with zero attached hydrogens (tertiary/aromatic N) is 2. The molecule has 0 bridgehead atoms. The quantitative estimate of drug-likeness (QED) is 0.299. The average Bonchev–Trinajstić information content (AvgIpc) is 2.74. The highest BCUT2D eigenvalue weighted by molar-refractivity contribution is 14.0. The molecule has 2 N–H and O–H groups in total. The lowest BCUT2D eigenvalue weighted by Crippen LogP contribution is -2.40. The van der Waals surface area contributed by atoms with Gasteiger partial charge in [-0.2, -0.15) is 0 Å². The van der Waals surface area contributed by atoms with E-state index in [1.165, 1.54) is 0 Å². The van der Waals surface area contributed by atoms with Gasteiger partial charge in [0.2, 0.25) is 0 Å². The molecule has 1 heterocycles. The monoisotopic (exact) mass is 516 g/mol. The van der Waals surface area contributed by atoms with Gasteiger partial charge in [0, 0.05) is 45.5 Å². The zero-order valence-electron chi connectivity index (χ0n) is 18.1. The minimum Gasteiger partial charge on any atom is -0.381 e. The zero-order chi connectivity index (χ0) is 20.2. The van der Waals surface area contributed by atoms with Crippen molar-refractivity contribution in [2.24, 2.45) is 10.9 Å². The Morgan fingerprint density at radius 1 is 1.24 bits per heavy atom. The number of benzene rings is 1. The van der Waals surface area contributed by atoms with Crippen molar-refractivity contribution in [1.82, 2.24) is 15.5 Å². The lowest BCUT2D eigenvalue weighted by atomic mass is 9.96. The molecule has 7 heteroatoms. The number of halogens is 1. The topological polar surface area (TPSA) is 66.0 Å². The SMILES string of the molecule is CCCNC(=O)c1cccc(CN=C(NCC)N(C)CCC2CCOCC2)c1.I. The molecule has 0 aliphatic carbocycles. The van der Waals surface area contributed by atoms with Crippen LogP contribution in [0.3, 0.4) is 0 Å². The summed E-state index contributed by atoms with van der Waals surface area (Å²) in [7, 11) is 2.09. The Hall–Kier alpha value is -1.35. The number of guanidine groups is 1. The number of aliphatic imine (C=N–C) groups is 1. The predicted octanol–water partition coefficient (Wildman–Crippen LogP) is 3.66. The van der Waals surface area contributed by atoms with Gasteiger partial charge in [0.25, 0.3) is 5.91 Å². The summed E-state index contributed by atoms with van der Waals surface area (Å²) < 4.78 is 5.45. The van der Waals surface area contributed by atoms with E-state index >= 15 is 0 Å². The van der Waals surface area contributed by atoms with Crippen molar-refractivity contribution in [3.8, 4) is 0 Å². The lowest BCUT2D eigenvalue weighted by Gasteiger charge is -2.26. The standard InChI is InChI=1S/C22H36N4O2.HI/c1-4-12-24-21(27)20-8-6-7-19(16-20)17-25-22(23-5-2)26(3)13-9-18-10-14-28-15-11-18;/h6-8,16,18H,4-5,9-15,17H2,1-3H3,(H,23,25)(H,24,27);1H. The number of hydrogen-bond donors (Lipinski definition) is 2. The maximum Gasteiger partial charge on any atom is 0.251 e. The molecule has 164 valence electrons. The number of amides is 1. The van der Waals surface area contributed by atoms with Gasteiger partial charge in [0.1, 0.15) is 0 Å². The van der Waals surface area contributed by atoms with Gasteiger partial charge in [-0.15, -0.1) is 24.0 Å². The fourth-order valence-corrected chi connectivity index (χ4v) is 3.30. The minimum atomic E-state index is -0.0202. The van der Waals surface area contributed by atoms with E-state index in [1.54, 1.807) is 0 Å². The average molecular weight is 516 g/mol. The van der Waals surface area contributed by atoms with Crippen molar-refractivity contribution in [3.63, 3.8) is 0 Å². The van der Waals surface area contributed by atoms with Gasteiger partial charge in [0.05, 0.1) is 6.54 Å². The molecule has 0 radical (unpaired) electrons. The second-order valence-corrected chi connectivity index (χ2v) is 7.39. The molecule has 1 aromatic carbocycles. The molecule has 0 saturated carbocycles. The van der Waals surface area contributed by atoms with Gasteiger partial charge >= 0.3 is 0 Å². The van der Waals surface area contributed by atoms with Crippen LogP contribution in [0.1, 0.15) is 55.5 Å². The third kappa shape index (κ3) is 9.33. The maximum absolute atomic E-state index is 12.2. The van der Waals surface area contributed by atoms with Crippen molar-refractivity contribution < 1.29 is 9.53 Å². The first-order valence-corrected chi connectivity index (χ1v) is 10.6. The summed E-state index contributed by atoms with van der Waals surface area (Å²) >= 11 is 0. The minimum absolute atomic E-state index is 0. The van der Waals surface area contributed by atoms with Gasteiger partial charge in [-0.3, -0.25) is 4.79 Å². The van der Waals surface area contributed by atoms with Crippen molar-refractivity contribution in [2.45, 2.75) is 46.1 Å². The zero-order valence-corrected chi connectivity index (χ0v) is 20.4. The van der Waals surface area contributed by atoms with Crippen LogP contribution in [-0.2, 0) is 11.3 Å². The van der Waals surface area contributed by atoms with Crippen LogP contribution >= 0.6 is 24.0 Å². The Balaban J connectivity index is 0.00000420. The van der Waals surface area contributed by atoms with Crippen molar-refractivity contribution in [1.29, 1.82) is 0 Å². The first-order valence-electron chi connectivity index (χ1n) is 10.6. The second kappa shape index (κ2) is 14.6. The van der Waals surface area contributed by atoms with Gasteiger partial charge < -0.3 is 20.3 Å². The number of hydrogen-bond acceptors (Lipinski definition) is 3. The molecule has 1 fully saturated rings. The molecule has 1 aromatic rings. The molecule has 1 aliphatic heterocycles. The highest BCUT2D eigenvalue weighted by atomic mass is 127. The van der Waals surface area contributed by atoms with Crippen LogP contribution in [0.25, 0.3) is 0 Å². The summed E-state index contributed by atoms with van der Waals surface area (Å²) in [4.78, 5) is 19.2. The molecule has 0 unspecified atom stereocenters. The summed E-state index contributed by atoms with van der Waals surface area (Å²) in [5, 5.41) is 6.30. The van der Waals surface area contributed by atoms with Crippen molar-refractivity contribution in [2.75, 3.05) is 39.9 Å². The Labute approximate surface area is 192 Å². The van der Waals surface area contributed by atoms with Crippen LogP contribution < -0.4 is 10.6 Å². The second-order valence-electron chi connectivity index (χ2n) is 7.39. The maximum atomic E-state index is 12.2. The first kappa shape index (κ1) is 25.7. The summed E-state index contributed by atoms with van der Waals surface area (Å²) in [6, 6.07) is 7.72. The molecule has 0 atom stereocenters. The molecular weight excluding hydrogens is 479 g/mol. The summed E-state index contributed by atoms with van der Waals surface area (Å²) in [6.07, 6.45) is 4.42. The van der Waals surface area contributed by atoms with E-state index in [-0.39, 0.29) is 29.9 Å². The summed E-state index contributed by atoms with van der Waals surface area (Å²) in [5.41, 5.74) is 1.73. The van der Waals surface area contributed by atoms with Crippen molar-refractivity contribution in [3.05, 3.63) is 35.4 Å². The fourth-order valence-electron chi connectivity index (χ4n) is 3.30. The molecule has 29 heavy (non-hydrogen) atoms. The Bertz CT molecular complexity index is 633. The van der Waals surface area contributed by atoms with Gasteiger partial charge in [-0.05, 0) is 56.2 Å². The highest BCUT2D eigenvalue weighted by Gasteiger charge is 2.15. The molecule has 6 nitrogen and oxygen atoms in total. The van der Waals surface area contributed by atoms with Crippen LogP contribution in [0.4, 0.5) is 0 Å². The predicted molar refractivity (Wildman–Crippen MR) is 130 cm³/mol. The van der Waals surface area contributed by atoms with E-state index < -0.39 is 0 Å². The van der Waals surface area contributed by atoms with Crippen LogP contribution in [-0.4, -0.2) is 56.7 Å². The number of nitrogens with one attached hydrogen (secondary N) is 2. The van der Waals surface area contributed by atoms with E-state index in [0.717, 1.165) is 69.4 Å². The van der Waals surface area contributed by atoms with E-state index in [9.17, 15) is 4.79 Å². The Kier molecular flexibility index (Phi) is 12.9. The molecular formula is C22H37IN4O2. The third-order valence-electron chi connectivity index (χ3n) is 5.05. The van der Waals surface area contributed by atoms with Gasteiger partial charge in [0.15, 0.2) is 5.96 Å². The molecule has 1 saturated heterocycles. The van der Waals surface area contributed by atoms with Crippen molar-refractivity contribution >= 4 is 35.8 Å². The number of carbonyl (C=O) groups is 1. The molecule has 0 aromatic heterocycles. The van der Waals surface area contributed by atoms with E-state index in [2.05, 4.69) is 29.5 Å². The smallest absolute Gasteiger partial charge is 0.251 e. The Morgan fingerprint density at radius 3 is 2.69 bits per heavy atom. The van der Waals surface area contributed by atoms with E-state index in [4.69, 9.17) is 9.73 Å².